The van der Waals surface area contributed by atoms with Gasteiger partial charge in [0.15, 0.2) is 0 Å². The summed E-state index contributed by atoms with van der Waals surface area (Å²) in [5.41, 5.74) is 1.52. The first-order valence-electron chi connectivity index (χ1n) is 6.02. The molecule has 0 bridgehead atoms. The highest BCUT2D eigenvalue weighted by Crippen LogP contribution is 2.05. The minimum Gasteiger partial charge on any atom is -0.748 e. The molecule has 0 saturated carbocycles. The molecule has 1 aliphatic rings. The van der Waals surface area contributed by atoms with Gasteiger partial charge in [0.1, 0.15) is 6.20 Å². The minimum absolute atomic E-state index is 0.604. The Kier molecular flexibility index (Phi) is 8.12. The van der Waals surface area contributed by atoms with Gasteiger partial charge in [-0.1, -0.05) is 26.7 Å². The van der Waals surface area contributed by atoms with Gasteiger partial charge in [-0.3, -0.25) is 4.90 Å². The molecule has 4 nitrogen and oxygen atoms in total. The van der Waals surface area contributed by atoms with Crippen molar-refractivity contribution in [1.82, 2.24) is 0 Å². The lowest BCUT2D eigenvalue weighted by atomic mass is 10.2. The van der Waals surface area contributed by atoms with Crippen LogP contribution in [-0.2, 0) is 10.1 Å². The second-order valence-electron chi connectivity index (χ2n) is 4.19. The van der Waals surface area contributed by atoms with Gasteiger partial charge in [-0.15, -0.1) is 0 Å². The van der Waals surface area contributed by atoms with Crippen molar-refractivity contribution in [2.24, 2.45) is 0 Å². The average molecular weight is 261 g/mol. The normalized spacial score (nSPS) is 18.6. The van der Waals surface area contributed by atoms with E-state index in [4.69, 9.17) is 13.0 Å². The van der Waals surface area contributed by atoms with Crippen LogP contribution >= 0.6 is 0 Å². The topological polar surface area (TPSA) is 61.6 Å². The molecule has 1 atom stereocenters. The van der Waals surface area contributed by atoms with Crippen LogP contribution in [0.1, 0.15) is 39.5 Å². The lowest BCUT2D eigenvalue weighted by molar-refractivity contribution is -0.788. The van der Waals surface area contributed by atoms with Gasteiger partial charge in [0.25, 0.3) is 0 Å². The Hall–Kier alpha value is -0.650. The third-order valence-corrected chi connectivity index (χ3v) is 2.24. The molecule has 0 aromatic carbocycles. The molecule has 1 rings (SSSR count). The zero-order valence-electron chi connectivity index (χ0n) is 10.9. The largest absolute Gasteiger partial charge is 0.748 e. The zero-order valence-corrected chi connectivity index (χ0v) is 11.7. The van der Waals surface area contributed by atoms with Crippen LogP contribution in [-0.4, -0.2) is 25.8 Å². The monoisotopic (exact) mass is 261 g/mol. The number of nitrogens with one attached hydrogen (secondary N) is 1. The van der Waals surface area contributed by atoms with Gasteiger partial charge in [0.05, 0.1) is 22.9 Å². The van der Waals surface area contributed by atoms with E-state index in [1.54, 1.807) is 0 Å². The van der Waals surface area contributed by atoms with E-state index < -0.39 is 10.1 Å². The number of quaternary nitrogens is 1. The van der Waals surface area contributed by atoms with Crippen molar-refractivity contribution in [3.05, 3.63) is 24.0 Å². The van der Waals surface area contributed by atoms with Gasteiger partial charge in [-0.05, 0) is 12.8 Å². The first-order chi connectivity index (χ1) is 7.86. The molecule has 5 heteroatoms. The molecule has 0 amide bonds. The summed E-state index contributed by atoms with van der Waals surface area (Å²) in [6.45, 7) is 5.74. The summed E-state index contributed by atoms with van der Waals surface area (Å²) in [4.78, 5) is 1.53. The van der Waals surface area contributed by atoms with E-state index in [9.17, 15) is 0 Å². The summed E-state index contributed by atoms with van der Waals surface area (Å²) >= 11 is 0. The second-order valence-corrected chi connectivity index (χ2v) is 5.59. The SMILES string of the molecule is CCCC[NH+]1C=CC(CCC)=C1.CS(=O)(=O)[O-]. The molecule has 0 aliphatic carbocycles. The van der Waals surface area contributed by atoms with Crippen LogP contribution in [0.5, 0.6) is 0 Å². The molecule has 100 valence electrons. The van der Waals surface area contributed by atoms with E-state index in [1.165, 1.54) is 42.7 Å². The molecule has 1 N–H and O–H groups in total. The summed E-state index contributed by atoms with van der Waals surface area (Å²) < 4.78 is 27.2. The maximum atomic E-state index is 9.08. The lowest BCUT2D eigenvalue weighted by Crippen LogP contribution is -3.01. The number of allylic oxidation sites excluding steroid dienone is 2. The van der Waals surface area contributed by atoms with Gasteiger partial charge in [0, 0.05) is 17.9 Å². The molecule has 0 radical (unpaired) electrons. The van der Waals surface area contributed by atoms with Gasteiger partial charge >= 0.3 is 0 Å². The van der Waals surface area contributed by atoms with E-state index in [0.717, 1.165) is 0 Å². The number of hydrogen-bond donors (Lipinski definition) is 1. The molecule has 0 spiro atoms. The first kappa shape index (κ1) is 16.4. The molecule has 0 fully saturated rings. The highest BCUT2D eigenvalue weighted by Gasteiger charge is 2.08. The van der Waals surface area contributed by atoms with Crippen LogP contribution in [0.25, 0.3) is 0 Å². The Morgan fingerprint density at radius 2 is 1.88 bits per heavy atom. The molecule has 0 aromatic heterocycles. The highest BCUT2D eigenvalue weighted by molar-refractivity contribution is 7.84. The fourth-order valence-corrected chi connectivity index (χ4v) is 1.53. The predicted octanol–water partition coefficient (Wildman–Crippen LogP) is 1.04. The molecule has 0 saturated heterocycles. The van der Waals surface area contributed by atoms with E-state index in [-0.39, 0.29) is 0 Å². The van der Waals surface area contributed by atoms with Crippen molar-refractivity contribution in [3.63, 3.8) is 0 Å². The van der Waals surface area contributed by atoms with Gasteiger partial charge in [0.2, 0.25) is 0 Å². The van der Waals surface area contributed by atoms with E-state index >= 15 is 0 Å². The van der Waals surface area contributed by atoms with Crippen molar-refractivity contribution in [1.29, 1.82) is 0 Å². The number of rotatable bonds is 5. The molecule has 17 heavy (non-hydrogen) atoms. The zero-order chi connectivity index (χ0) is 13.3. The third kappa shape index (κ3) is 11.6. The van der Waals surface area contributed by atoms with Gasteiger partial charge < -0.3 is 4.55 Å². The summed E-state index contributed by atoms with van der Waals surface area (Å²) in [5.74, 6) is 0. The predicted molar refractivity (Wildman–Crippen MR) is 68.5 cm³/mol. The molecule has 0 aromatic rings. The summed E-state index contributed by atoms with van der Waals surface area (Å²) in [7, 11) is -3.92. The van der Waals surface area contributed by atoms with E-state index in [2.05, 4.69) is 32.3 Å². The third-order valence-electron chi connectivity index (χ3n) is 2.24. The Balaban J connectivity index is 0.000000437. The number of hydrogen-bond acceptors (Lipinski definition) is 3. The summed E-state index contributed by atoms with van der Waals surface area (Å²) in [5, 5.41) is 0. The van der Waals surface area contributed by atoms with Crippen molar-refractivity contribution < 1.29 is 17.9 Å². The Morgan fingerprint density at radius 3 is 2.35 bits per heavy atom. The van der Waals surface area contributed by atoms with E-state index in [0.29, 0.717) is 6.26 Å². The summed E-state index contributed by atoms with van der Waals surface area (Å²) in [6, 6.07) is 0. The fraction of sp³-hybridized carbons (Fsp3) is 0.667. The van der Waals surface area contributed by atoms with Crippen LogP contribution in [0, 0.1) is 0 Å². The quantitative estimate of drug-likeness (QED) is 0.752. The molecular weight excluding hydrogens is 238 g/mol. The molecule has 1 unspecified atom stereocenters. The maximum absolute atomic E-state index is 9.08. The van der Waals surface area contributed by atoms with Crippen molar-refractivity contribution in [2.45, 2.75) is 39.5 Å². The van der Waals surface area contributed by atoms with Gasteiger partial charge in [-0.2, -0.15) is 0 Å². The van der Waals surface area contributed by atoms with Crippen LogP contribution in [0.4, 0.5) is 0 Å². The van der Waals surface area contributed by atoms with Crippen molar-refractivity contribution in [2.75, 3.05) is 12.8 Å². The maximum Gasteiger partial charge on any atom is 0.102 e. The minimum atomic E-state index is -3.92. The van der Waals surface area contributed by atoms with Crippen molar-refractivity contribution >= 4 is 10.1 Å². The second kappa shape index (κ2) is 8.44. The Morgan fingerprint density at radius 1 is 1.29 bits per heavy atom. The van der Waals surface area contributed by atoms with Crippen LogP contribution in [0.15, 0.2) is 24.0 Å². The Bertz CT molecular complexity index is 350. The number of unbranched alkanes of at least 4 members (excludes halogenated alkanes) is 1. The van der Waals surface area contributed by atoms with Crippen LogP contribution < -0.4 is 4.90 Å². The molecule has 1 heterocycles. The van der Waals surface area contributed by atoms with Crippen molar-refractivity contribution in [3.8, 4) is 0 Å². The lowest BCUT2D eigenvalue weighted by Gasteiger charge is -2.04. The highest BCUT2D eigenvalue weighted by atomic mass is 32.2. The first-order valence-corrected chi connectivity index (χ1v) is 7.83. The molecular formula is C12H23NO3S. The Labute approximate surface area is 105 Å². The van der Waals surface area contributed by atoms with Gasteiger partial charge in [-0.25, -0.2) is 8.42 Å². The van der Waals surface area contributed by atoms with E-state index in [1.807, 2.05) is 0 Å². The smallest absolute Gasteiger partial charge is 0.102 e. The summed E-state index contributed by atoms with van der Waals surface area (Å²) in [6.07, 6.45) is 12.6. The van der Waals surface area contributed by atoms with Crippen LogP contribution in [0.3, 0.4) is 0 Å². The fourth-order valence-electron chi connectivity index (χ4n) is 1.53. The van der Waals surface area contributed by atoms with Crippen LogP contribution in [0.2, 0.25) is 0 Å². The molecule has 1 aliphatic heterocycles. The standard InChI is InChI=1S/C11H19N.CH4O3S/c1-3-5-8-12-9-7-11(10-12)6-4-2;1-5(2,3)4/h7,9-10H,3-6,8H2,1-2H3;1H3,(H,2,3,4). The average Bonchev–Trinajstić information content (AvgIpc) is 2.61.